The lowest BCUT2D eigenvalue weighted by Crippen LogP contribution is -2.30. The number of sulfone groups is 2. The maximum Gasteiger partial charge on any atom is 0.386 e. The minimum Gasteiger partial charge on any atom is -0.217 e. The number of rotatable bonds is 4. The fourth-order valence-corrected chi connectivity index (χ4v) is 5.22. The van der Waals surface area contributed by atoms with E-state index in [0.29, 0.717) is 0 Å². The molecule has 0 spiro atoms. The molecule has 0 fully saturated rings. The summed E-state index contributed by atoms with van der Waals surface area (Å²) >= 11 is 0. The van der Waals surface area contributed by atoms with Gasteiger partial charge in [0.15, 0.2) is 9.57 Å². The Morgan fingerprint density at radius 1 is 0.741 bits per heavy atom. The molecule has 0 saturated carbocycles. The van der Waals surface area contributed by atoms with Crippen molar-refractivity contribution < 1.29 is 21.4 Å². The Morgan fingerprint density at radius 3 is 1.74 bits per heavy atom. The van der Waals surface area contributed by atoms with E-state index in [1.165, 1.54) is 24.3 Å². The predicted octanol–water partition coefficient (Wildman–Crippen LogP) is 2.21. The Labute approximate surface area is 156 Å². The molecular formula is C18H17N2O5S2+. The molecule has 7 nitrogen and oxygen atoms in total. The van der Waals surface area contributed by atoms with Crippen molar-refractivity contribution in [3.63, 3.8) is 0 Å². The van der Waals surface area contributed by atoms with Gasteiger partial charge < -0.3 is 0 Å². The molecule has 0 amide bonds. The molecule has 0 aliphatic rings. The lowest BCUT2D eigenvalue weighted by molar-refractivity contribution is -0.610. The largest absolute Gasteiger partial charge is 0.386 e. The second-order valence-corrected chi connectivity index (χ2v) is 9.90. The summed E-state index contributed by atoms with van der Waals surface area (Å²) in [5.41, 5.74) is 1.46. The third-order valence-corrected chi connectivity index (χ3v) is 7.36. The van der Waals surface area contributed by atoms with Crippen LogP contribution in [-0.2, 0) is 19.7 Å². The molecule has 3 aromatic rings. The van der Waals surface area contributed by atoms with Crippen molar-refractivity contribution in [3.8, 4) is 0 Å². The molecule has 1 aromatic heterocycles. The van der Waals surface area contributed by atoms with Crippen LogP contribution in [0.5, 0.6) is 0 Å². The highest BCUT2D eigenvalue weighted by molar-refractivity contribution is 7.91. The molecule has 0 atom stereocenters. The van der Waals surface area contributed by atoms with Crippen LogP contribution < -0.4 is 4.54 Å². The highest BCUT2D eigenvalue weighted by Gasteiger charge is 2.31. The maximum atomic E-state index is 12.7. The number of aryl methyl sites for hydroxylation is 2. The van der Waals surface area contributed by atoms with Crippen molar-refractivity contribution in [1.29, 1.82) is 0 Å². The van der Waals surface area contributed by atoms with Crippen LogP contribution >= 0.6 is 0 Å². The maximum absolute atomic E-state index is 12.7. The average molecular weight is 405 g/mol. The summed E-state index contributed by atoms with van der Waals surface area (Å²) in [4.78, 5) is 12.3. The fraction of sp³-hybridized carbons (Fsp3) is 0.111. The average Bonchev–Trinajstić information content (AvgIpc) is 2.61. The van der Waals surface area contributed by atoms with Gasteiger partial charge in [-0.25, -0.2) is 16.8 Å². The smallest absolute Gasteiger partial charge is 0.217 e. The van der Waals surface area contributed by atoms with Gasteiger partial charge in [0.25, 0.3) is 9.84 Å². The van der Waals surface area contributed by atoms with Crippen LogP contribution in [0.3, 0.4) is 0 Å². The van der Waals surface area contributed by atoms with Crippen LogP contribution in [0.1, 0.15) is 11.1 Å². The van der Waals surface area contributed by atoms with Gasteiger partial charge in [0, 0.05) is 6.07 Å². The highest BCUT2D eigenvalue weighted by Crippen LogP contribution is 2.22. The molecule has 0 aliphatic heterocycles. The Balaban J connectivity index is 2.11. The molecule has 0 unspecified atom stereocenters. The van der Waals surface area contributed by atoms with E-state index in [0.717, 1.165) is 23.3 Å². The standard InChI is InChI=1S/C18H17N2O5S2/c1-13-5-3-7-15(11-13)26(22,23)17-9-10-18(20(21)19-17)27(24,25)16-8-4-6-14(2)12-16/h3-12H,1-2H3,(H,19,21)/q+1. The van der Waals surface area contributed by atoms with Crippen LogP contribution in [0.4, 0.5) is 0 Å². The van der Waals surface area contributed by atoms with E-state index in [9.17, 15) is 21.7 Å². The molecule has 0 bridgehead atoms. The zero-order chi connectivity index (χ0) is 19.8. The summed E-state index contributed by atoms with van der Waals surface area (Å²) in [6.07, 6.45) is 0. The number of benzene rings is 2. The van der Waals surface area contributed by atoms with Gasteiger partial charge in [0.05, 0.1) is 14.7 Å². The number of hydrogen-bond donors (Lipinski definition) is 1. The number of aromatic amines is 1. The monoisotopic (exact) mass is 405 g/mol. The van der Waals surface area contributed by atoms with Crippen molar-refractivity contribution in [2.24, 2.45) is 0 Å². The number of nitrogens with one attached hydrogen (secondary N) is 1. The van der Waals surface area contributed by atoms with E-state index < -0.39 is 29.7 Å². The summed E-state index contributed by atoms with van der Waals surface area (Å²) in [5, 5.41) is 1.13. The van der Waals surface area contributed by atoms with Crippen LogP contribution in [-0.4, -0.2) is 21.9 Å². The lowest BCUT2D eigenvalue weighted by atomic mass is 10.2. The van der Waals surface area contributed by atoms with Gasteiger partial charge in [0.1, 0.15) is 0 Å². The Hall–Kier alpha value is -2.78. The summed E-state index contributed by atoms with van der Waals surface area (Å²) < 4.78 is 50.7. The highest BCUT2D eigenvalue weighted by atomic mass is 32.2. The third kappa shape index (κ3) is 3.56. The van der Waals surface area contributed by atoms with E-state index in [1.807, 2.05) is 0 Å². The van der Waals surface area contributed by atoms with E-state index >= 15 is 0 Å². The van der Waals surface area contributed by atoms with Gasteiger partial charge >= 0.3 is 5.03 Å². The first-order valence-corrected chi connectivity index (χ1v) is 10.9. The fourth-order valence-electron chi connectivity index (χ4n) is 2.57. The number of hydrogen-bond acceptors (Lipinski definition) is 5. The predicted molar refractivity (Wildman–Crippen MR) is 97.4 cm³/mol. The van der Waals surface area contributed by atoms with Gasteiger partial charge in [-0.2, -0.15) is 0 Å². The molecule has 9 heteroatoms. The molecule has 1 heterocycles. The normalized spacial score (nSPS) is 12.1. The molecule has 0 radical (unpaired) electrons. The Morgan fingerprint density at radius 2 is 1.26 bits per heavy atom. The zero-order valence-corrected chi connectivity index (χ0v) is 16.2. The first kappa shape index (κ1) is 19.0. The first-order valence-electron chi connectivity index (χ1n) is 7.92. The SMILES string of the molecule is Cc1cccc(S(=O)(=O)c2ccc(S(=O)(=O)c3cccc(C)c3)[n+](=O)[nH]2)c1. The zero-order valence-electron chi connectivity index (χ0n) is 14.6. The van der Waals surface area contributed by atoms with Crippen LogP contribution in [0, 0.1) is 18.8 Å². The molecule has 2 aromatic carbocycles. The van der Waals surface area contributed by atoms with Crippen LogP contribution in [0.15, 0.2) is 80.5 Å². The van der Waals surface area contributed by atoms with Gasteiger partial charge in [-0.05, 0) is 55.3 Å². The van der Waals surface area contributed by atoms with Crippen molar-refractivity contribution in [2.75, 3.05) is 0 Å². The van der Waals surface area contributed by atoms with Gasteiger partial charge in [0.2, 0.25) is 9.84 Å². The van der Waals surface area contributed by atoms with Crippen molar-refractivity contribution in [2.45, 2.75) is 33.7 Å². The minimum absolute atomic E-state index is 0.00745. The van der Waals surface area contributed by atoms with Crippen molar-refractivity contribution in [1.82, 2.24) is 5.10 Å². The molecule has 1 N–H and O–H groups in total. The third-order valence-electron chi connectivity index (χ3n) is 3.95. The second-order valence-electron chi connectivity index (χ2n) is 6.08. The molecule has 27 heavy (non-hydrogen) atoms. The molecule has 140 valence electrons. The second kappa shape index (κ2) is 6.75. The number of aromatic nitrogens is 2. The first-order chi connectivity index (χ1) is 12.6. The van der Waals surface area contributed by atoms with Gasteiger partial charge in [-0.3, -0.25) is 0 Å². The van der Waals surface area contributed by atoms with E-state index in [-0.39, 0.29) is 14.3 Å². The molecule has 3 rings (SSSR count). The van der Waals surface area contributed by atoms with Gasteiger partial charge in [-0.1, -0.05) is 24.3 Å². The van der Waals surface area contributed by atoms with Crippen molar-refractivity contribution in [3.05, 3.63) is 76.7 Å². The summed E-state index contributed by atoms with van der Waals surface area (Å²) in [6, 6.07) is 14.4. The number of H-pyrrole nitrogens is 1. The summed E-state index contributed by atoms with van der Waals surface area (Å²) in [5.74, 6) is 0. The van der Waals surface area contributed by atoms with E-state index in [1.54, 1.807) is 38.1 Å². The topological polar surface area (TPSA) is 107 Å². The minimum atomic E-state index is -4.10. The quantitative estimate of drug-likeness (QED) is 0.670. The number of nitrogens with zero attached hydrogens (tertiary/aromatic N) is 1. The molecule has 0 aliphatic carbocycles. The Bertz CT molecular complexity index is 1290. The van der Waals surface area contributed by atoms with E-state index in [2.05, 4.69) is 5.10 Å². The summed E-state index contributed by atoms with van der Waals surface area (Å²) in [7, 11) is -8.09. The van der Waals surface area contributed by atoms with Crippen LogP contribution in [0.2, 0.25) is 0 Å². The summed E-state index contributed by atoms with van der Waals surface area (Å²) in [6.45, 7) is 3.47. The Kier molecular flexibility index (Phi) is 4.75. The van der Waals surface area contributed by atoms with Crippen LogP contribution in [0.25, 0.3) is 0 Å². The lowest BCUT2D eigenvalue weighted by Gasteiger charge is -2.04. The van der Waals surface area contributed by atoms with Crippen molar-refractivity contribution >= 4 is 19.7 Å². The molecular weight excluding hydrogens is 388 g/mol. The molecule has 0 saturated heterocycles. The van der Waals surface area contributed by atoms with E-state index in [4.69, 9.17) is 0 Å². The van der Waals surface area contributed by atoms with Gasteiger partial charge in [-0.15, -0.1) is 5.10 Å².